The Morgan fingerprint density at radius 3 is 2.50 bits per heavy atom. The van der Waals surface area contributed by atoms with E-state index in [9.17, 15) is 9.59 Å². The molecule has 0 unspecified atom stereocenters. The van der Waals surface area contributed by atoms with Gasteiger partial charge in [0.2, 0.25) is 0 Å². The molecule has 0 amide bonds. The van der Waals surface area contributed by atoms with Crippen molar-refractivity contribution in [3.63, 3.8) is 0 Å². The molecule has 0 fully saturated rings. The molecule has 3 aromatic rings. The number of pyridine rings is 1. The lowest BCUT2D eigenvalue weighted by atomic mass is 10.00. The third-order valence-electron chi connectivity index (χ3n) is 4.59. The molecule has 0 aliphatic rings. The van der Waals surface area contributed by atoms with Crippen molar-refractivity contribution < 1.29 is 14.3 Å². The molecule has 2 aromatic heterocycles. The lowest BCUT2D eigenvalue weighted by Gasteiger charge is -2.09. The second-order valence-corrected chi connectivity index (χ2v) is 6.55. The van der Waals surface area contributed by atoms with Crippen molar-refractivity contribution in [3.8, 4) is 0 Å². The highest BCUT2D eigenvalue weighted by atomic mass is 35.5. The quantitative estimate of drug-likeness (QED) is 0.482. The van der Waals surface area contributed by atoms with Crippen LogP contribution in [0.15, 0.2) is 42.6 Å². The van der Waals surface area contributed by atoms with Gasteiger partial charge < -0.3 is 9.14 Å². The van der Waals surface area contributed by atoms with Crippen molar-refractivity contribution in [1.29, 1.82) is 0 Å². The van der Waals surface area contributed by atoms with Crippen molar-refractivity contribution in [1.82, 2.24) is 4.40 Å². The molecule has 2 heterocycles. The van der Waals surface area contributed by atoms with E-state index < -0.39 is 5.97 Å². The van der Waals surface area contributed by atoms with Crippen LogP contribution in [0.25, 0.3) is 5.52 Å². The van der Waals surface area contributed by atoms with Crippen LogP contribution >= 0.6 is 11.6 Å². The average molecular weight is 370 g/mol. The number of nitrogens with zero attached hydrogens (tertiary/aromatic N) is 1. The predicted molar refractivity (Wildman–Crippen MR) is 102 cm³/mol. The van der Waals surface area contributed by atoms with E-state index in [2.05, 4.69) is 0 Å². The fourth-order valence-corrected chi connectivity index (χ4v) is 3.60. The molecule has 0 saturated heterocycles. The summed E-state index contributed by atoms with van der Waals surface area (Å²) in [7, 11) is 1.35. The SMILES string of the molecule is CCc1c(C(C)=O)c2ccc(C(=O)OC)cn2c1Cc1ccccc1Cl. The largest absolute Gasteiger partial charge is 0.465 e. The normalized spacial score (nSPS) is 10.9. The Balaban J connectivity index is 2.28. The summed E-state index contributed by atoms with van der Waals surface area (Å²) < 4.78 is 6.75. The van der Waals surface area contributed by atoms with Crippen LogP contribution in [0.2, 0.25) is 5.02 Å². The van der Waals surface area contributed by atoms with Crippen LogP contribution in [0.4, 0.5) is 0 Å². The third kappa shape index (κ3) is 3.13. The number of halogens is 1. The van der Waals surface area contributed by atoms with Crippen LogP contribution in [0.3, 0.4) is 0 Å². The molecule has 0 saturated carbocycles. The molecular weight excluding hydrogens is 350 g/mol. The molecular formula is C21H20ClNO3. The number of esters is 1. The minimum Gasteiger partial charge on any atom is -0.465 e. The summed E-state index contributed by atoms with van der Waals surface area (Å²) in [6, 6.07) is 11.1. The van der Waals surface area contributed by atoms with Crippen molar-refractivity contribution in [2.45, 2.75) is 26.7 Å². The molecule has 4 nitrogen and oxygen atoms in total. The molecule has 0 N–H and O–H groups in total. The molecule has 0 atom stereocenters. The Bertz CT molecular complexity index is 1000. The number of rotatable bonds is 5. The van der Waals surface area contributed by atoms with Gasteiger partial charge in [-0.25, -0.2) is 4.79 Å². The fraction of sp³-hybridized carbons (Fsp3) is 0.238. The molecule has 3 rings (SSSR count). The van der Waals surface area contributed by atoms with E-state index in [0.717, 1.165) is 22.3 Å². The zero-order chi connectivity index (χ0) is 18.8. The van der Waals surface area contributed by atoms with E-state index in [0.29, 0.717) is 29.0 Å². The molecule has 0 bridgehead atoms. The zero-order valence-electron chi connectivity index (χ0n) is 15.0. The fourth-order valence-electron chi connectivity index (χ4n) is 3.40. The Morgan fingerprint density at radius 2 is 1.88 bits per heavy atom. The molecule has 0 spiro atoms. The van der Waals surface area contributed by atoms with Gasteiger partial charge in [0.25, 0.3) is 0 Å². The summed E-state index contributed by atoms with van der Waals surface area (Å²) >= 11 is 6.34. The topological polar surface area (TPSA) is 47.8 Å². The summed E-state index contributed by atoms with van der Waals surface area (Å²) in [5.74, 6) is -0.401. The first-order chi connectivity index (χ1) is 12.5. The first-order valence-corrected chi connectivity index (χ1v) is 8.84. The standard InChI is InChI=1S/C21H20ClNO3/c1-4-16-19(11-14-7-5-6-8-17(14)22)23-12-15(21(25)26-3)9-10-18(23)20(16)13(2)24/h5-10,12H,4,11H2,1-3H3. The second-order valence-electron chi connectivity index (χ2n) is 6.14. The van der Waals surface area contributed by atoms with Crippen molar-refractivity contribution in [3.05, 3.63) is 75.6 Å². The van der Waals surface area contributed by atoms with Gasteiger partial charge in [0.1, 0.15) is 0 Å². The van der Waals surface area contributed by atoms with Crippen LogP contribution in [-0.2, 0) is 17.6 Å². The molecule has 5 heteroatoms. The van der Waals surface area contributed by atoms with Crippen LogP contribution in [-0.4, -0.2) is 23.3 Å². The average Bonchev–Trinajstić information content (AvgIpc) is 2.95. The first kappa shape index (κ1) is 18.2. The summed E-state index contributed by atoms with van der Waals surface area (Å²) in [6.45, 7) is 3.60. The van der Waals surface area contributed by atoms with Gasteiger partial charge in [0, 0.05) is 28.9 Å². The maximum Gasteiger partial charge on any atom is 0.339 e. The highest BCUT2D eigenvalue weighted by Gasteiger charge is 2.21. The van der Waals surface area contributed by atoms with E-state index in [1.165, 1.54) is 7.11 Å². The summed E-state index contributed by atoms with van der Waals surface area (Å²) in [5.41, 5.74) is 4.86. The van der Waals surface area contributed by atoms with Crippen LogP contribution in [0, 0.1) is 0 Å². The number of benzene rings is 1. The Morgan fingerprint density at radius 1 is 1.15 bits per heavy atom. The number of hydrogen-bond acceptors (Lipinski definition) is 3. The zero-order valence-corrected chi connectivity index (χ0v) is 15.8. The van der Waals surface area contributed by atoms with Gasteiger partial charge in [-0.05, 0) is 42.7 Å². The van der Waals surface area contributed by atoms with Crippen molar-refractivity contribution in [2.24, 2.45) is 0 Å². The summed E-state index contributed by atoms with van der Waals surface area (Å²) in [4.78, 5) is 24.3. The molecule has 26 heavy (non-hydrogen) atoms. The molecule has 0 aliphatic heterocycles. The second kappa shape index (κ2) is 7.34. The molecule has 1 aromatic carbocycles. The van der Waals surface area contributed by atoms with Crippen molar-refractivity contribution >= 4 is 28.9 Å². The van der Waals surface area contributed by atoms with Gasteiger partial charge in [-0.3, -0.25) is 4.79 Å². The van der Waals surface area contributed by atoms with Crippen molar-refractivity contribution in [2.75, 3.05) is 7.11 Å². The number of carbonyl (C=O) groups excluding carboxylic acids is 2. The number of carbonyl (C=O) groups is 2. The first-order valence-electron chi connectivity index (χ1n) is 8.46. The number of aromatic nitrogens is 1. The Hall–Kier alpha value is -2.59. The maximum atomic E-state index is 12.3. The minimum absolute atomic E-state index is 0.00979. The van der Waals surface area contributed by atoms with E-state index >= 15 is 0 Å². The van der Waals surface area contributed by atoms with Gasteiger partial charge in [-0.2, -0.15) is 0 Å². The molecule has 134 valence electrons. The third-order valence-corrected chi connectivity index (χ3v) is 4.96. The van der Waals surface area contributed by atoms with Crippen LogP contribution in [0.1, 0.15) is 51.4 Å². The summed E-state index contributed by atoms with van der Waals surface area (Å²) in [5, 5.41) is 0.679. The van der Waals surface area contributed by atoms with E-state index in [-0.39, 0.29) is 5.78 Å². The smallest absolute Gasteiger partial charge is 0.339 e. The van der Waals surface area contributed by atoms with E-state index in [1.807, 2.05) is 35.6 Å². The highest BCUT2D eigenvalue weighted by Crippen LogP contribution is 2.29. The number of ketones is 1. The number of Topliss-reactive ketones (excluding diaryl/α,β-unsaturated/α-hetero) is 1. The predicted octanol–water partition coefficient (Wildman–Crippen LogP) is 4.74. The Kier molecular flexibility index (Phi) is 5.14. The lowest BCUT2D eigenvalue weighted by molar-refractivity contribution is 0.0600. The monoisotopic (exact) mass is 369 g/mol. The number of fused-ring (bicyclic) bond motifs is 1. The minimum atomic E-state index is -0.410. The van der Waals surface area contributed by atoms with Gasteiger partial charge in [-0.1, -0.05) is 36.7 Å². The van der Waals surface area contributed by atoms with E-state index in [4.69, 9.17) is 16.3 Å². The lowest BCUT2D eigenvalue weighted by Crippen LogP contribution is -2.04. The van der Waals surface area contributed by atoms with Crippen LogP contribution < -0.4 is 0 Å². The summed E-state index contributed by atoms with van der Waals surface area (Å²) in [6.07, 6.45) is 3.02. The molecule has 0 aliphatic carbocycles. The van der Waals surface area contributed by atoms with Gasteiger partial charge in [-0.15, -0.1) is 0 Å². The van der Waals surface area contributed by atoms with E-state index in [1.54, 1.807) is 25.3 Å². The molecule has 0 radical (unpaired) electrons. The van der Waals surface area contributed by atoms with Gasteiger partial charge in [0.15, 0.2) is 5.78 Å². The number of methoxy groups -OCH3 is 1. The highest BCUT2D eigenvalue weighted by molar-refractivity contribution is 6.31. The Labute approximate surface area is 157 Å². The van der Waals surface area contributed by atoms with Gasteiger partial charge in [0.05, 0.1) is 18.2 Å². The number of ether oxygens (including phenoxy) is 1. The number of hydrogen-bond donors (Lipinski definition) is 0. The van der Waals surface area contributed by atoms with Crippen LogP contribution in [0.5, 0.6) is 0 Å². The maximum absolute atomic E-state index is 12.3. The van der Waals surface area contributed by atoms with Gasteiger partial charge >= 0.3 is 5.97 Å².